The third-order valence-corrected chi connectivity index (χ3v) is 4.71. The number of hydrogen-bond donors (Lipinski definition) is 0. The molecule has 0 amide bonds. The SMILES string of the molecule is C1=Cc2ccc3c(c2C1)=CCC1CCCCC=31. The van der Waals surface area contributed by atoms with Crippen molar-refractivity contribution < 1.29 is 0 Å². The molecule has 0 nitrogen and oxygen atoms in total. The first kappa shape index (κ1) is 9.70. The number of hydrogen-bond acceptors (Lipinski definition) is 0. The lowest BCUT2D eigenvalue weighted by molar-refractivity contribution is 0.508. The van der Waals surface area contributed by atoms with Crippen LogP contribution in [0.1, 0.15) is 43.2 Å². The maximum absolute atomic E-state index is 2.51. The van der Waals surface area contributed by atoms with E-state index in [9.17, 15) is 0 Å². The van der Waals surface area contributed by atoms with Gasteiger partial charge in [0.05, 0.1) is 0 Å². The second kappa shape index (κ2) is 3.60. The maximum Gasteiger partial charge on any atom is -0.00821 e. The van der Waals surface area contributed by atoms with E-state index < -0.39 is 0 Å². The van der Waals surface area contributed by atoms with Crippen molar-refractivity contribution in [1.82, 2.24) is 0 Å². The number of allylic oxidation sites excluding steroid dienone is 1. The van der Waals surface area contributed by atoms with E-state index in [1.165, 1.54) is 37.7 Å². The summed E-state index contributed by atoms with van der Waals surface area (Å²) < 4.78 is 0. The lowest BCUT2D eigenvalue weighted by Gasteiger charge is -2.27. The summed E-state index contributed by atoms with van der Waals surface area (Å²) in [5.74, 6) is 0.865. The average molecular weight is 222 g/mol. The first-order valence-electron chi connectivity index (χ1n) is 6.95. The highest BCUT2D eigenvalue weighted by Gasteiger charge is 2.22. The van der Waals surface area contributed by atoms with Crippen LogP contribution in [-0.2, 0) is 6.42 Å². The van der Waals surface area contributed by atoms with Gasteiger partial charge in [0.2, 0.25) is 0 Å². The lowest BCUT2D eigenvalue weighted by Crippen LogP contribution is -2.36. The Balaban J connectivity index is 2.03. The van der Waals surface area contributed by atoms with Crippen LogP contribution >= 0.6 is 0 Å². The molecule has 0 aliphatic heterocycles. The van der Waals surface area contributed by atoms with Crippen LogP contribution in [0.3, 0.4) is 0 Å². The summed E-state index contributed by atoms with van der Waals surface area (Å²) in [6.45, 7) is 0. The molecule has 4 rings (SSSR count). The fourth-order valence-corrected chi connectivity index (χ4v) is 3.84. The molecule has 1 aromatic carbocycles. The molecule has 0 saturated heterocycles. The van der Waals surface area contributed by atoms with Crippen molar-refractivity contribution in [2.75, 3.05) is 0 Å². The van der Waals surface area contributed by atoms with Gasteiger partial charge in [-0.05, 0) is 59.6 Å². The molecule has 0 aromatic heterocycles. The monoisotopic (exact) mass is 222 g/mol. The van der Waals surface area contributed by atoms with Crippen LogP contribution in [-0.4, -0.2) is 0 Å². The Bertz CT molecular complexity index is 616. The lowest BCUT2D eigenvalue weighted by atomic mass is 9.78. The first-order valence-corrected chi connectivity index (χ1v) is 6.95. The van der Waals surface area contributed by atoms with Crippen molar-refractivity contribution in [3.8, 4) is 0 Å². The van der Waals surface area contributed by atoms with Crippen molar-refractivity contribution >= 4 is 17.7 Å². The van der Waals surface area contributed by atoms with Gasteiger partial charge in [-0.3, -0.25) is 0 Å². The summed E-state index contributed by atoms with van der Waals surface area (Å²) in [6.07, 6.45) is 15.1. The molecule has 0 N–H and O–H groups in total. The topological polar surface area (TPSA) is 0 Å². The molecule has 0 bridgehead atoms. The zero-order chi connectivity index (χ0) is 11.2. The minimum Gasteiger partial charge on any atom is -0.0795 e. The predicted molar refractivity (Wildman–Crippen MR) is 72.9 cm³/mol. The van der Waals surface area contributed by atoms with Gasteiger partial charge in [0.1, 0.15) is 0 Å². The molecule has 0 heterocycles. The number of benzene rings is 1. The third kappa shape index (κ3) is 1.36. The predicted octanol–water partition coefficient (Wildman–Crippen LogP) is 2.78. The summed E-state index contributed by atoms with van der Waals surface area (Å²) in [5, 5.41) is 3.16. The Morgan fingerprint density at radius 2 is 2.12 bits per heavy atom. The van der Waals surface area contributed by atoms with E-state index in [0.29, 0.717) is 0 Å². The Morgan fingerprint density at radius 1 is 1.12 bits per heavy atom. The molecule has 1 fully saturated rings. The van der Waals surface area contributed by atoms with Crippen LogP contribution in [0.4, 0.5) is 0 Å². The summed E-state index contributed by atoms with van der Waals surface area (Å²) in [4.78, 5) is 0. The number of fused-ring (bicyclic) bond motifs is 4. The van der Waals surface area contributed by atoms with E-state index in [2.05, 4.69) is 30.4 Å². The minimum absolute atomic E-state index is 0.865. The summed E-state index contributed by atoms with van der Waals surface area (Å²) in [7, 11) is 0. The molecule has 0 spiro atoms. The zero-order valence-corrected chi connectivity index (χ0v) is 10.2. The van der Waals surface area contributed by atoms with Gasteiger partial charge in [-0.1, -0.05) is 42.4 Å². The van der Waals surface area contributed by atoms with Gasteiger partial charge < -0.3 is 0 Å². The Labute approximate surface area is 102 Å². The van der Waals surface area contributed by atoms with Gasteiger partial charge in [0, 0.05) is 0 Å². The van der Waals surface area contributed by atoms with Gasteiger partial charge in [-0.25, -0.2) is 0 Å². The van der Waals surface area contributed by atoms with Gasteiger partial charge in [0.25, 0.3) is 0 Å². The summed E-state index contributed by atoms with van der Waals surface area (Å²) in [6, 6.07) is 4.71. The van der Waals surface area contributed by atoms with Crippen LogP contribution in [0.5, 0.6) is 0 Å². The van der Waals surface area contributed by atoms with Gasteiger partial charge >= 0.3 is 0 Å². The second-order valence-corrected chi connectivity index (χ2v) is 5.61. The largest absolute Gasteiger partial charge is 0.0795 e. The van der Waals surface area contributed by atoms with Gasteiger partial charge in [-0.15, -0.1) is 0 Å². The standard InChI is InChI=1S/C17H18/c1-2-6-14-12(4-1)8-10-17-15-7-3-5-13(15)9-11-16(14)17/h3,5,9-12H,1-2,4,6-8H2. The van der Waals surface area contributed by atoms with E-state index in [0.717, 1.165) is 12.3 Å². The van der Waals surface area contributed by atoms with Crippen molar-refractivity contribution in [2.24, 2.45) is 5.92 Å². The average Bonchev–Trinajstić information content (AvgIpc) is 2.86. The molecular weight excluding hydrogens is 204 g/mol. The quantitative estimate of drug-likeness (QED) is 0.633. The Morgan fingerprint density at radius 3 is 3.12 bits per heavy atom. The molecule has 86 valence electrons. The van der Waals surface area contributed by atoms with Crippen LogP contribution in [0.25, 0.3) is 17.7 Å². The van der Waals surface area contributed by atoms with E-state index in [1.807, 2.05) is 0 Å². The molecule has 0 radical (unpaired) electrons. The zero-order valence-electron chi connectivity index (χ0n) is 10.2. The van der Waals surface area contributed by atoms with Crippen molar-refractivity contribution in [3.63, 3.8) is 0 Å². The molecule has 1 aromatic rings. The van der Waals surface area contributed by atoms with Crippen LogP contribution in [0.2, 0.25) is 0 Å². The van der Waals surface area contributed by atoms with Crippen molar-refractivity contribution in [3.05, 3.63) is 39.8 Å². The van der Waals surface area contributed by atoms with Crippen LogP contribution < -0.4 is 10.4 Å². The fraction of sp³-hybridized carbons (Fsp3) is 0.412. The molecule has 1 unspecified atom stereocenters. The third-order valence-electron chi connectivity index (χ3n) is 4.71. The molecule has 17 heavy (non-hydrogen) atoms. The fourth-order valence-electron chi connectivity index (χ4n) is 3.84. The van der Waals surface area contributed by atoms with Crippen molar-refractivity contribution in [1.29, 1.82) is 0 Å². The Hall–Kier alpha value is -1.30. The minimum atomic E-state index is 0.865. The van der Waals surface area contributed by atoms with Gasteiger partial charge in [-0.2, -0.15) is 0 Å². The second-order valence-electron chi connectivity index (χ2n) is 5.61. The van der Waals surface area contributed by atoms with Crippen LogP contribution in [0.15, 0.2) is 18.2 Å². The Kier molecular flexibility index (Phi) is 2.05. The molecule has 0 heteroatoms. The first-order chi connectivity index (χ1) is 8.43. The van der Waals surface area contributed by atoms with E-state index in [4.69, 9.17) is 0 Å². The summed E-state index contributed by atoms with van der Waals surface area (Å²) >= 11 is 0. The van der Waals surface area contributed by atoms with Crippen molar-refractivity contribution in [2.45, 2.75) is 38.5 Å². The summed E-state index contributed by atoms with van der Waals surface area (Å²) in [5.41, 5.74) is 4.80. The van der Waals surface area contributed by atoms with Crippen LogP contribution in [0, 0.1) is 5.92 Å². The van der Waals surface area contributed by atoms with Gasteiger partial charge in [0.15, 0.2) is 0 Å². The normalized spacial score (nSPS) is 24.9. The molecule has 1 saturated carbocycles. The van der Waals surface area contributed by atoms with E-state index in [-0.39, 0.29) is 0 Å². The highest BCUT2D eigenvalue weighted by Crippen LogP contribution is 2.33. The van der Waals surface area contributed by atoms with E-state index in [1.54, 1.807) is 21.6 Å². The highest BCUT2D eigenvalue weighted by atomic mass is 14.3. The molecule has 3 aliphatic carbocycles. The van der Waals surface area contributed by atoms with E-state index >= 15 is 0 Å². The maximum atomic E-state index is 2.51. The smallest absolute Gasteiger partial charge is 0.00821 e. The molecule has 1 atom stereocenters. The molecule has 3 aliphatic rings. The molecular formula is C17H18. The highest BCUT2D eigenvalue weighted by molar-refractivity contribution is 5.64. The number of rotatable bonds is 0.